The van der Waals surface area contributed by atoms with Crippen molar-refractivity contribution in [2.24, 2.45) is 0 Å². The average Bonchev–Trinajstić information content (AvgIpc) is 3.23. The lowest BCUT2D eigenvalue weighted by molar-refractivity contribution is -0.118. The summed E-state index contributed by atoms with van der Waals surface area (Å²) in [5.74, 6) is -0.00821. The Morgan fingerprint density at radius 2 is 1.82 bits per heavy atom. The minimum absolute atomic E-state index is 0.0697. The van der Waals surface area contributed by atoms with Gasteiger partial charge >= 0.3 is 6.09 Å². The number of pyridine rings is 1. The fourth-order valence-corrected chi connectivity index (χ4v) is 4.52. The first-order valence-corrected chi connectivity index (χ1v) is 13.5. The molecule has 204 valence electrons. The van der Waals surface area contributed by atoms with Crippen LogP contribution in [0.2, 0.25) is 10.0 Å². The van der Waals surface area contributed by atoms with E-state index in [0.29, 0.717) is 27.1 Å². The van der Waals surface area contributed by atoms with Crippen molar-refractivity contribution in [2.45, 2.75) is 45.4 Å². The monoisotopic (exact) mass is 633 g/mol. The third kappa shape index (κ3) is 7.88. The number of hydrogen-bond acceptors (Lipinski definition) is 5. The van der Waals surface area contributed by atoms with Crippen LogP contribution < -0.4 is 16.2 Å². The van der Waals surface area contributed by atoms with Crippen LogP contribution in [0, 0.1) is 0 Å². The summed E-state index contributed by atoms with van der Waals surface area (Å²) in [5.41, 5.74) is 0.756. The first-order valence-electron chi connectivity index (χ1n) is 12.0. The molecule has 0 aliphatic carbocycles. The Balaban J connectivity index is 1.56. The number of alkyl carbamates (subject to hydrolysis) is 1. The van der Waals surface area contributed by atoms with Gasteiger partial charge in [-0.2, -0.15) is 0 Å². The van der Waals surface area contributed by atoms with Gasteiger partial charge in [-0.25, -0.2) is 4.79 Å². The van der Waals surface area contributed by atoms with Crippen LogP contribution in [0.5, 0.6) is 0 Å². The quantitative estimate of drug-likeness (QED) is 0.233. The van der Waals surface area contributed by atoms with Crippen molar-refractivity contribution in [3.63, 3.8) is 0 Å². The Morgan fingerprint density at radius 3 is 2.54 bits per heavy atom. The van der Waals surface area contributed by atoms with Crippen LogP contribution in [-0.2, 0) is 22.5 Å². The predicted octanol–water partition coefficient (Wildman–Crippen LogP) is 6.79. The number of amides is 2. The number of halogens is 3. The lowest BCUT2D eigenvalue weighted by Crippen LogP contribution is -2.47. The number of nitrogens with one attached hydrogen (secondary N) is 2. The van der Waals surface area contributed by atoms with Crippen molar-refractivity contribution in [1.82, 2.24) is 9.88 Å². The standard InChI is InChI=1S/C28H26BrCl2N3O5/c1-28(2,3)39-27(37)33-23(13-20-12-17-11-18(29)5-8-24(17)38-20)26(36)32-19-6-9-25(35)34(15-19)14-16-4-7-21(30)22(31)10-16/h4-12,15,23H,13-14H2,1-3H3,(H,32,36)(H,33,37). The molecule has 0 saturated carbocycles. The largest absolute Gasteiger partial charge is 0.461 e. The van der Waals surface area contributed by atoms with E-state index >= 15 is 0 Å². The average molecular weight is 635 g/mol. The molecule has 4 aromatic rings. The highest BCUT2D eigenvalue weighted by molar-refractivity contribution is 9.10. The number of carbonyl (C=O) groups is 2. The molecule has 2 aromatic heterocycles. The zero-order chi connectivity index (χ0) is 28.3. The smallest absolute Gasteiger partial charge is 0.408 e. The number of nitrogens with zero attached hydrogens (tertiary/aromatic N) is 1. The van der Waals surface area contributed by atoms with Gasteiger partial charge in [0.15, 0.2) is 0 Å². The van der Waals surface area contributed by atoms with Gasteiger partial charge in [-0.1, -0.05) is 45.2 Å². The van der Waals surface area contributed by atoms with Crippen molar-refractivity contribution < 1.29 is 18.7 Å². The van der Waals surface area contributed by atoms with Crippen LogP contribution in [0.4, 0.5) is 10.5 Å². The highest BCUT2D eigenvalue weighted by Gasteiger charge is 2.26. The number of aromatic nitrogens is 1. The molecule has 2 amide bonds. The molecule has 0 spiro atoms. The van der Waals surface area contributed by atoms with E-state index < -0.39 is 23.6 Å². The molecule has 0 bridgehead atoms. The molecule has 2 heterocycles. The SMILES string of the molecule is CC(C)(C)OC(=O)NC(Cc1cc2cc(Br)ccc2o1)C(=O)Nc1ccc(=O)n(Cc2ccc(Cl)c(Cl)c2)c1. The van der Waals surface area contributed by atoms with Gasteiger partial charge in [-0.15, -0.1) is 0 Å². The molecule has 0 aliphatic heterocycles. The second kappa shape index (κ2) is 11.9. The van der Waals surface area contributed by atoms with Gasteiger partial charge in [-0.3, -0.25) is 9.59 Å². The Hall–Kier alpha value is -3.27. The third-order valence-electron chi connectivity index (χ3n) is 5.53. The molecule has 8 nitrogen and oxygen atoms in total. The molecule has 1 unspecified atom stereocenters. The van der Waals surface area contributed by atoms with Crippen molar-refractivity contribution >= 4 is 67.8 Å². The second-order valence-corrected chi connectivity index (χ2v) is 11.6. The van der Waals surface area contributed by atoms with Gasteiger partial charge in [0.1, 0.15) is 23.0 Å². The summed E-state index contributed by atoms with van der Waals surface area (Å²) in [6.07, 6.45) is 0.845. The summed E-state index contributed by atoms with van der Waals surface area (Å²) in [6, 6.07) is 14.3. The summed E-state index contributed by atoms with van der Waals surface area (Å²) in [7, 11) is 0. The summed E-state index contributed by atoms with van der Waals surface area (Å²) < 4.78 is 13.6. The topological polar surface area (TPSA) is 103 Å². The van der Waals surface area contributed by atoms with Crippen molar-refractivity contribution in [1.29, 1.82) is 0 Å². The van der Waals surface area contributed by atoms with E-state index in [4.69, 9.17) is 32.4 Å². The Bertz CT molecular complexity index is 1590. The van der Waals surface area contributed by atoms with Crippen molar-refractivity contribution in [3.05, 3.63) is 97.0 Å². The summed E-state index contributed by atoms with van der Waals surface area (Å²) in [4.78, 5) is 38.4. The fraction of sp³-hybridized carbons (Fsp3) is 0.250. The Morgan fingerprint density at radius 1 is 1.05 bits per heavy atom. The van der Waals surface area contributed by atoms with Gasteiger partial charge in [0, 0.05) is 28.5 Å². The molecule has 0 saturated heterocycles. The molecule has 0 aliphatic rings. The molecule has 11 heteroatoms. The number of ether oxygens (including phenoxy) is 1. The first kappa shape index (κ1) is 28.7. The van der Waals surface area contributed by atoms with E-state index in [0.717, 1.165) is 15.4 Å². The van der Waals surface area contributed by atoms with E-state index in [1.54, 1.807) is 39.0 Å². The van der Waals surface area contributed by atoms with Crippen LogP contribution in [0.3, 0.4) is 0 Å². The van der Waals surface area contributed by atoms with Gasteiger partial charge in [0.25, 0.3) is 5.56 Å². The molecule has 39 heavy (non-hydrogen) atoms. The number of anilines is 1. The number of rotatable bonds is 7. The molecule has 0 fully saturated rings. The second-order valence-electron chi connectivity index (χ2n) is 9.92. The molecule has 2 aromatic carbocycles. The summed E-state index contributed by atoms with van der Waals surface area (Å²) >= 11 is 15.5. The Kier molecular flexibility index (Phi) is 8.73. The van der Waals surface area contributed by atoms with Crippen LogP contribution in [-0.4, -0.2) is 28.2 Å². The van der Waals surface area contributed by atoms with Crippen LogP contribution in [0.15, 0.2) is 74.5 Å². The zero-order valence-corrected chi connectivity index (χ0v) is 24.5. The molecular formula is C28H26BrCl2N3O5. The normalized spacial score (nSPS) is 12.3. The van der Waals surface area contributed by atoms with Gasteiger partial charge in [0.2, 0.25) is 5.91 Å². The minimum Gasteiger partial charge on any atom is -0.461 e. The third-order valence-corrected chi connectivity index (χ3v) is 6.76. The minimum atomic E-state index is -1.03. The van der Waals surface area contributed by atoms with Crippen LogP contribution in [0.25, 0.3) is 11.0 Å². The lowest BCUT2D eigenvalue weighted by Gasteiger charge is -2.23. The van der Waals surface area contributed by atoms with Crippen molar-refractivity contribution in [3.8, 4) is 0 Å². The Labute approximate surface area is 243 Å². The number of benzene rings is 2. The van der Waals surface area contributed by atoms with Gasteiger partial charge in [-0.05, 0) is 68.8 Å². The predicted molar refractivity (Wildman–Crippen MR) is 156 cm³/mol. The summed E-state index contributed by atoms with van der Waals surface area (Å²) in [5, 5.41) is 7.06. The lowest BCUT2D eigenvalue weighted by atomic mass is 10.1. The van der Waals surface area contributed by atoms with Crippen LogP contribution in [0.1, 0.15) is 32.1 Å². The first-order chi connectivity index (χ1) is 18.4. The zero-order valence-electron chi connectivity index (χ0n) is 21.4. The highest BCUT2D eigenvalue weighted by Crippen LogP contribution is 2.25. The number of fused-ring (bicyclic) bond motifs is 1. The molecule has 0 radical (unpaired) electrons. The fourth-order valence-electron chi connectivity index (χ4n) is 3.82. The maximum atomic E-state index is 13.4. The summed E-state index contributed by atoms with van der Waals surface area (Å²) in [6.45, 7) is 5.41. The number of carbonyl (C=O) groups excluding carboxylic acids is 2. The van der Waals surface area contributed by atoms with E-state index in [1.165, 1.54) is 22.9 Å². The number of furan rings is 1. The maximum absolute atomic E-state index is 13.4. The van der Waals surface area contributed by atoms with Crippen molar-refractivity contribution in [2.75, 3.05) is 5.32 Å². The maximum Gasteiger partial charge on any atom is 0.408 e. The van der Waals surface area contributed by atoms with E-state index in [9.17, 15) is 14.4 Å². The van der Waals surface area contributed by atoms with Gasteiger partial charge < -0.3 is 24.4 Å². The van der Waals surface area contributed by atoms with Crippen LogP contribution >= 0.6 is 39.1 Å². The van der Waals surface area contributed by atoms with E-state index in [-0.39, 0.29) is 18.5 Å². The molecule has 1 atom stereocenters. The molecule has 2 N–H and O–H groups in total. The van der Waals surface area contributed by atoms with E-state index in [1.807, 2.05) is 24.3 Å². The highest BCUT2D eigenvalue weighted by atomic mass is 79.9. The number of hydrogen-bond donors (Lipinski definition) is 2. The van der Waals surface area contributed by atoms with Gasteiger partial charge in [0.05, 0.1) is 22.3 Å². The molecular weight excluding hydrogens is 609 g/mol. The van der Waals surface area contributed by atoms with E-state index in [2.05, 4.69) is 26.6 Å². The molecule has 4 rings (SSSR count).